The van der Waals surface area contributed by atoms with Crippen molar-refractivity contribution < 1.29 is 19.1 Å². The number of rotatable bonds is 9. The average molecular weight is 561 g/mol. The van der Waals surface area contributed by atoms with E-state index in [1.54, 1.807) is 37.5 Å². The minimum absolute atomic E-state index is 0.0906. The molecule has 0 aromatic heterocycles. The van der Waals surface area contributed by atoms with Crippen LogP contribution in [0.5, 0.6) is 11.5 Å². The predicted octanol–water partition coefficient (Wildman–Crippen LogP) is 4.44. The molecule has 5 rings (SSSR count). The average Bonchev–Trinajstić information content (AvgIpc) is 2.98. The Hall–Kier alpha value is -4.01. The standard InChI is InChI=1S/C31H33ClN4O4/c1-39-26-12-10-25(11-13-26)35-18-16-34(17-19-35)15-5-14-33-30(37)22-36-27-8-2-3-9-28(27)40-29(31(36)38)21-23-6-4-7-24(32)20-23/h2-4,6-13,20-21H,5,14-19,22H2,1H3,(H,33,37)/b29-21+. The van der Waals surface area contributed by atoms with Crippen molar-refractivity contribution in [2.75, 3.05) is 62.7 Å². The molecule has 1 fully saturated rings. The minimum atomic E-state index is -0.372. The molecule has 1 N–H and O–H groups in total. The predicted molar refractivity (Wildman–Crippen MR) is 158 cm³/mol. The molecule has 2 aliphatic rings. The van der Waals surface area contributed by atoms with Crippen LogP contribution in [0, 0.1) is 0 Å². The van der Waals surface area contributed by atoms with Gasteiger partial charge in [-0.1, -0.05) is 35.9 Å². The molecule has 40 heavy (non-hydrogen) atoms. The van der Waals surface area contributed by atoms with E-state index in [0.29, 0.717) is 23.0 Å². The number of nitrogens with one attached hydrogen (secondary N) is 1. The third-order valence-corrected chi connectivity index (χ3v) is 7.30. The van der Waals surface area contributed by atoms with Crippen molar-refractivity contribution in [1.82, 2.24) is 10.2 Å². The molecule has 3 aromatic rings. The van der Waals surface area contributed by atoms with Crippen LogP contribution >= 0.6 is 11.6 Å². The molecule has 0 spiro atoms. The van der Waals surface area contributed by atoms with Gasteiger partial charge in [0.1, 0.15) is 12.3 Å². The lowest BCUT2D eigenvalue weighted by Crippen LogP contribution is -2.47. The van der Waals surface area contributed by atoms with Crippen LogP contribution in [0.4, 0.5) is 11.4 Å². The summed E-state index contributed by atoms with van der Waals surface area (Å²) in [5.74, 6) is 0.945. The summed E-state index contributed by atoms with van der Waals surface area (Å²) in [5, 5.41) is 3.54. The Bertz CT molecular complexity index is 1370. The lowest BCUT2D eigenvalue weighted by molar-refractivity contribution is -0.123. The van der Waals surface area contributed by atoms with Gasteiger partial charge in [-0.15, -0.1) is 0 Å². The molecule has 0 aliphatic carbocycles. The Balaban J connectivity index is 1.11. The lowest BCUT2D eigenvalue weighted by Gasteiger charge is -2.36. The minimum Gasteiger partial charge on any atom is -0.497 e. The number of halogens is 1. The van der Waals surface area contributed by atoms with Crippen LogP contribution in [0.15, 0.2) is 78.6 Å². The van der Waals surface area contributed by atoms with E-state index in [0.717, 1.165) is 50.5 Å². The highest BCUT2D eigenvalue weighted by Crippen LogP contribution is 2.35. The van der Waals surface area contributed by atoms with E-state index in [1.807, 2.05) is 36.4 Å². The maximum atomic E-state index is 13.3. The monoisotopic (exact) mass is 560 g/mol. The summed E-state index contributed by atoms with van der Waals surface area (Å²) in [4.78, 5) is 32.4. The number of nitrogens with zero attached hydrogens (tertiary/aromatic N) is 3. The van der Waals surface area contributed by atoms with Crippen molar-refractivity contribution in [3.63, 3.8) is 0 Å². The summed E-state index contributed by atoms with van der Waals surface area (Å²) < 4.78 is 11.1. The van der Waals surface area contributed by atoms with E-state index < -0.39 is 0 Å². The molecular formula is C31H33ClN4O4. The van der Waals surface area contributed by atoms with Crippen LogP contribution in [0.3, 0.4) is 0 Å². The Kier molecular flexibility index (Phi) is 8.88. The highest BCUT2D eigenvalue weighted by molar-refractivity contribution is 6.30. The van der Waals surface area contributed by atoms with Crippen molar-refractivity contribution in [3.8, 4) is 11.5 Å². The van der Waals surface area contributed by atoms with Crippen LogP contribution < -0.4 is 24.6 Å². The number of amides is 2. The molecule has 2 aliphatic heterocycles. The fraction of sp³-hybridized carbons (Fsp3) is 0.290. The quantitative estimate of drug-likeness (QED) is 0.308. The highest BCUT2D eigenvalue weighted by Gasteiger charge is 2.31. The second-order valence-electron chi connectivity index (χ2n) is 9.75. The molecule has 0 atom stereocenters. The molecular weight excluding hydrogens is 528 g/mol. The largest absolute Gasteiger partial charge is 0.497 e. The van der Waals surface area contributed by atoms with E-state index in [2.05, 4.69) is 27.2 Å². The Morgan fingerprint density at radius 3 is 2.55 bits per heavy atom. The first-order chi connectivity index (χ1) is 19.5. The fourth-order valence-electron chi connectivity index (χ4n) is 4.92. The maximum Gasteiger partial charge on any atom is 0.294 e. The Labute approximate surface area is 239 Å². The summed E-state index contributed by atoms with van der Waals surface area (Å²) in [5.41, 5.74) is 2.52. The summed E-state index contributed by atoms with van der Waals surface area (Å²) in [6.07, 6.45) is 2.48. The van der Waals surface area contributed by atoms with Gasteiger partial charge >= 0.3 is 0 Å². The van der Waals surface area contributed by atoms with Crippen molar-refractivity contribution in [3.05, 3.63) is 89.1 Å². The SMILES string of the molecule is COc1ccc(N2CCN(CCCNC(=O)CN3C(=O)/C(=C\c4cccc(Cl)c4)Oc4ccccc43)CC2)cc1. The summed E-state index contributed by atoms with van der Waals surface area (Å²) >= 11 is 6.10. The number of carbonyl (C=O) groups is 2. The first-order valence-corrected chi connectivity index (χ1v) is 13.8. The second kappa shape index (κ2) is 12.9. The van der Waals surface area contributed by atoms with Gasteiger partial charge in [-0.2, -0.15) is 0 Å². The second-order valence-corrected chi connectivity index (χ2v) is 10.2. The highest BCUT2D eigenvalue weighted by atomic mass is 35.5. The van der Waals surface area contributed by atoms with Gasteiger partial charge < -0.3 is 19.7 Å². The first-order valence-electron chi connectivity index (χ1n) is 13.4. The lowest BCUT2D eigenvalue weighted by atomic mass is 10.1. The molecule has 0 radical (unpaired) electrons. The van der Waals surface area contributed by atoms with Crippen LogP contribution in [0.25, 0.3) is 6.08 Å². The zero-order valence-corrected chi connectivity index (χ0v) is 23.3. The van der Waals surface area contributed by atoms with Crippen LogP contribution in [-0.2, 0) is 9.59 Å². The number of hydrogen-bond donors (Lipinski definition) is 1. The number of methoxy groups -OCH3 is 1. The number of fused-ring (bicyclic) bond motifs is 1. The molecule has 1 saturated heterocycles. The van der Waals surface area contributed by atoms with Crippen molar-refractivity contribution in [2.45, 2.75) is 6.42 Å². The van der Waals surface area contributed by atoms with E-state index in [1.165, 1.54) is 10.6 Å². The normalized spacial score (nSPS) is 16.4. The number of anilines is 2. The molecule has 0 unspecified atom stereocenters. The maximum absolute atomic E-state index is 13.3. The molecule has 208 valence electrons. The van der Waals surface area contributed by atoms with Crippen molar-refractivity contribution in [1.29, 1.82) is 0 Å². The van der Waals surface area contributed by atoms with Crippen molar-refractivity contribution >= 4 is 40.9 Å². The number of para-hydroxylation sites is 2. The molecule has 9 heteroatoms. The van der Waals surface area contributed by atoms with Crippen molar-refractivity contribution in [2.24, 2.45) is 0 Å². The van der Waals surface area contributed by atoms with E-state index in [-0.39, 0.29) is 24.1 Å². The number of ether oxygens (including phenoxy) is 2. The van der Waals surface area contributed by atoms with Crippen LogP contribution in [0.1, 0.15) is 12.0 Å². The Morgan fingerprint density at radius 1 is 1.02 bits per heavy atom. The number of carbonyl (C=O) groups excluding carboxylic acids is 2. The van der Waals surface area contributed by atoms with Crippen LogP contribution in [-0.4, -0.2) is 69.6 Å². The first kappa shape index (κ1) is 27.6. The summed E-state index contributed by atoms with van der Waals surface area (Å²) in [7, 11) is 1.68. The van der Waals surface area contributed by atoms with E-state index >= 15 is 0 Å². The third-order valence-electron chi connectivity index (χ3n) is 7.06. The van der Waals surface area contributed by atoms with Gasteiger partial charge in [0.2, 0.25) is 5.91 Å². The van der Waals surface area contributed by atoms with Gasteiger partial charge in [-0.3, -0.25) is 19.4 Å². The van der Waals surface area contributed by atoms with Gasteiger partial charge in [0.25, 0.3) is 5.91 Å². The third kappa shape index (κ3) is 6.76. The number of benzene rings is 3. The number of hydrogen-bond acceptors (Lipinski definition) is 6. The smallest absolute Gasteiger partial charge is 0.294 e. The van der Waals surface area contributed by atoms with Gasteiger partial charge in [0.05, 0.1) is 12.8 Å². The van der Waals surface area contributed by atoms with Gasteiger partial charge in [0.15, 0.2) is 11.5 Å². The summed E-state index contributed by atoms with van der Waals surface area (Å²) in [6, 6.07) is 22.6. The Morgan fingerprint density at radius 2 is 1.80 bits per heavy atom. The van der Waals surface area contributed by atoms with E-state index in [4.69, 9.17) is 21.1 Å². The molecule has 0 bridgehead atoms. The fourth-order valence-corrected chi connectivity index (χ4v) is 5.12. The van der Waals surface area contributed by atoms with Gasteiger partial charge in [0, 0.05) is 43.4 Å². The zero-order valence-electron chi connectivity index (χ0n) is 22.5. The van der Waals surface area contributed by atoms with Crippen LogP contribution in [0.2, 0.25) is 5.02 Å². The van der Waals surface area contributed by atoms with Gasteiger partial charge in [-0.05, 0) is 73.1 Å². The number of piperazine rings is 1. The van der Waals surface area contributed by atoms with E-state index in [9.17, 15) is 9.59 Å². The van der Waals surface area contributed by atoms with Gasteiger partial charge in [-0.25, -0.2) is 0 Å². The molecule has 8 nitrogen and oxygen atoms in total. The molecule has 2 heterocycles. The molecule has 0 saturated carbocycles. The zero-order chi connectivity index (χ0) is 27.9. The summed E-state index contributed by atoms with van der Waals surface area (Å²) in [6.45, 7) is 5.23. The molecule has 3 aromatic carbocycles. The molecule has 2 amide bonds. The topological polar surface area (TPSA) is 74.4 Å².